The normalized spacial score (nSPS) is 13.5. The fourth-order valence-corrected chi connectivity index (χ4v) is 2.44. The van der Waals surface area contributed by atoms with Gasteiger partial charge in [-0.05, 0) is 37.4 Å². The first-order valence-corrected chi connectivity index (χ1v) is 7.14. The Labute approximate surface area is 121 Å². The fourth-order valence-electron chi connectivity index (χ4n) is 2.44. The second-order valence-electron chi connectivity index (χ2n) is 5.07. The van der Waals surface area contributed by atoms with E-state index in [2.05, 4.69) is 56.4 Å². The number of fused-ring (bicyclic) bond motifs is 1. The second-order valence-corrected chi connectivity index (χ2v) is 5.07. The van der Waals surface area contributed by atoms with Crippen LogP contribution in [0.2, 0.25) is 0 Å². The van der Waals surface area contributed by atoms with Crippen LogP contribution in [-0.2, 0) is 0 Å². The number of methoxy groups -OCH3 is 1. The minimum Gasteiger partial charge on any atom is -0.496 e. The number of nitrogens with one attached hydrogen (secondary N) is 1. The lowest BCUT2D eigenvalue weighted by atomic mass is 10.00. The van der Waals surface area contributed by atoms with E-state index in [-0.39, 0.29) is 0 Å². The molecule has 20 heavy (non-hydrogen) atoms. The van der Waals surface area contributed by atoms with Crippen LogP contribution in [-0.4, -0.2) is 19.7 Å². The van der Waals surface area contributed by atoms with Crippen molar-refractivity contribution in [2.45, 2.75) is 26.8 Å². The summed E-state index contributed by atoms with van der Waals surface area (Å²) in [5.74, 6) is 0.926. The van der Waals surface area contributed by atoms with Crippen molar-refractivity contribution in [1.82, 2.24) is 5.32 Å². The van der Waals surface area contributed by atoms with Crippen LogP contribution < -0.4 is 10.1 Å². The summed E-state index contributed by atoms with van der Waals surface area (Å²) in [6, 6.07) is 12.9. The number of hydrogen-bond acceptors (Lipinski definition) is 2. The van der Waals surface area contributed by atoms with Gasteiger partial charge in [-0.2, -0.15) is 0 Å². The van der Waals surface area contributed by atoms with Gasteiger partial charge in [0.15, 0.2) is 0 Å². The van der Waals surface area contributed by atoms with Crippen molar-refractivity contribution in [3.63, 3.8) is 0 Å². The van der Waals surface area contributed by atoms with Gasteiger partial charge in [-0.3, -0.25) is 0 Å². The second kappa shape index (κ2) is 6.58. The van der Waals surface area contributed by atoms with E-state index in [0.29, 0.717) is 6.04 Å². The molecule has 1 atom stereocenters. The highest BCUT2D eigenvalue weighted by Crippen LogP contribution is 2.29. The van der Waals surface area contributed by atoms with E-state index in [9.17, 15) is 0 Å². The SMILES string of the molecule is CCNC(C)/C(C)=C/c1ccc(OC)c2ccccc12. The van der Waals surface area contributed by atoms with Crippen molar-refractivity contribution in [3.8, 4) is 5.75 Å². The molecule has 2 aromatic carbocycles. The quantitative estimate of drug-likeness (QED) is 0.876. The smallest absolute Gasteiger partial charge is 0.126 e. The molecule has 0 amide bonds. The molecule has 0 saturated heterocycles. The van der Waals surface area contributed by atoms with Crippen molar-refractivity contribution in [1.29, 1.82) is 0 Å². The number of ether oxygens (including phenoxy) is 1. The maximum Gasteiger partial charge on any atom is 0.126 e. The number of hydrogen-bond donors (Lipinski definition) is 1. The van der Waals surface area contributed by atoms with E-state index in [1.54, 1.807) is 7.11 Å². The van der Waals surface area contributed by atoms with E-state index in [4.69, 9.17) is 4.74 Å². The van der Waals surface area contributed by atoms with Gasteiger partial charge in [0.05, 0.1) is 7.11 Å². The lowest BCUT2D eigenvalue weighted by Gasteiger charge is -2.14. The first-order chi connectivity index (χ1) is 9.67. The molecule has 0 fully saturated rings. The molecule has 1 N–H and O–H groups in total. The molecule has 0 heterocycles. The molecule has 0 aliphatic rings. The monoisotopic (exact) mass is 269 g/mol. The highest BCUT2D eigenvalue weighted by molar-refractivity contribution is 5.95. The van der Waals surface area contributed by atoms with Crippen LogP contribution in [0, 0.1) is 0 Å². The Morgan fingerprint density at radius 1 is 1.20 bits per heavy atom. The Kier molecular flexibility index (Phi) is 4.80. The molecule has 2 aromatic rings. The standard InChI is InChI=1S/C18H23NO/c1-5-19-14(3)13(2)12-15-10-11-18(20-4)17-9-7-6-8-16(15)17/h6-12,14,19H,5H2,1-4H3/b13-12+. The van der Waals surface area contributed by atoms with Gasteiger partial charge in [-0.25, -0.2) is 0 Å². The van der Waals surface area contributed by atoms with Crippen LogP contribution in [0.4, 0.5) is 0 Å². The Morgan fingerprint density at radius 3 is 2.55 bits per heavy atom. The van der Waals surface area contributed by atoms with Gasteiger partial charge in [0.1, 0.15) is 5.75 Å². The van der Waals surface area contributed by atoms with Crippen molar-refractivity contribution in [2.24, 2.45) is 0 Å². The average Bonchev–Trinajstić information content (AvgIpc) is 2.47. The van der Waals surface area contributed by atoms with Crippen LogP contribution in [0.1, 0.15) is 26.3 Å². The molecule has 2 heteroatoms. The molecule has 2 rings (SSSR count). The van der Waals surface area contributed by atoms with Crippen LogP contribution >= 0.6 is 0 Å². The van der Waals surface area contributed by atoms with E-state index >= 15 is 0 Å². The van der Waals surface area contributed by atoms with Gasteiger partial charge in [-0.1, -0.05) is 48.9 Å². The first-order valence-electron chi connectivity index (χ1n) is 7.14. The molecule has 0 saturated carbocycles. The average molecular weight is 269 g/mol. The summed E-state index contributed by atoms with van der Waals surface area (Å²) in [4.78, 5) is 0. The van der Waals surface area contributed by atoms with Gasteiger partial charge in [0.25, 0.3) is 0 Å². The number of likely N-dealkylation sites (N-methyl/N-ethyl adjacent to an activating group) is 1. The number of rotatable bonds is 5. The van der Waals surface area contributed by atoms with E-state index in [0.717, 1.165) is 17.7 Å². The number of benzene rings is 2. The van der Waals surface area contributed by atoms with E-state index in [1.807, 2.05) is 12.1 Å². The highest BCUT2D eigenvalue weighted by atomic mass is 16.5. The summed E-state index contributed by atoms with van der Waals surface area (Å²) >= 11 is 0. The van der Waals surface area contributed by atoms with Crippen molar-refractivity contribution >= 4 is 16.8 Å². The molecule has 0 aromatic heterocycles. The Morgan fingerprint density at radius 2 is 1.90 bits per heavy atom. The molecular formula is C18H23NO. The summed E-state index contributed by atoms with van der Waals surface area (Å²) in [6.07, 6.45) is 2.26. The zero-order valence-electron chi connectivity index (χ0n) is 12.7. The fraction of sp³-hybridized carbons (Fsp3) is 0.333. The van der Waals surface area contributed by atoms with E-state index in [1.165, 1.54) is 16.5 Å². The summed E-state index contributed by atoms with van der Waals surface area (Å²) < 4.78 is 5.44. The molecular weight excluding hydrogens is 246 g/mol. The molecule has 0 spiro atoms. The maximum absolute atomic E-state index is 5.44. The Balaban J connectivity index is 2.48. The van der Waals surface area contributed by atoms with E-state index < -0.39 is 0 Å². The molecule has 0 aliphatic heterocycles. The van der Waals surface area contributed by atoms with Gasteiger partial charge < -0.3 is 10.1 Å². The minimum absolute atomic E-state index is 0.390. The Bertz CT molecular complexity index is 616. The predicted octanol–water partition coefficient (Wildman–Crippen LogP) is 4.25. The van der Waals surface area contributed by atoms with Crippen LogP contribution in [0.15, 0.2) is 42.0 Å². The summed E-state index contributed by atoms with van der Waals surface area (Å²) in [5.41, 5.74) is 2.57. The summed E-state index contributed by atoms with van der Waals surface area (Å²) in [5, 5.41) is 5.83. The predicted molar refractivity (Wildman–Crippen MR) is 87.3 cm³/mol. The molecule has 106 valence electrons. The lowest BCUT2D eigenvalue weighted by molar-refractivity contribution is 0.420. The van der Waals surface area contributed by atoms with Crippen LogP contribution in [0.3, 0.4) is 0 Å². The molecule has 1 unspecified atom stereocenters. The Hall–Kier alpha value is -1.80. The summed E-state index contributed by atoms with van der Waals surface area (Å²) in [7, 11) is 1.72. The maximum atomic E-state index is 5.44. The third kappa shape index (κ3) is 3.02. The molecule has 0 aliphatic carbocycles. The zero-order valence-corrected chi connectivity index (χ0v) is 12.7. The highest BCUT2D eigenvalue weighted by Gasteiger charge is 2.06. The van der Waals surface area contributed by atoms with Gasteiger partial charge >= 0.3 is 0 Å². The topological polar surface area (TPSA) is 21.3 Å². The van der Waals surface area contributed by atoms with Crippen LogP contribution in [0.5, 0.6) is 5.75 Å². The molecule has 2 nitrogen and oxygen atoms in total. The zero-order chi connectivity index (χ0) is 14.5. The lowest BCUT2D eigenvalue weighted by Crippen LogP contribution is -2.26. The van der Waals surface area contributed by atoms with Gasteiger partial charge in [-0.15, -0.1) is 0 Å². The van der Waals surface area contributed by atoms with Crippen LogP contribution in [0.25, 0.3) is 16.8 Å². The first kappa shape index (κ1) is 14.6. The summed E-state index contributed by atoms with van der Waals surface area (Å²) in [6.45, 7) is 7.48. The third-order valence-electron chi connectivity index (χ3n) is 3.71. The van der Waals surface area contributed by atoms with Crippen molar-refractivity contribution in [2.75, 3.05) is 13.7 Å². The third-order valence-corrected chi connectivity index (χ3v) is 3.71. The minimum atomic E-state index is 0.390. The molecule has 0 bridgehead atoms. The van der Waals surface area contributed by atoms with Gasteiger partial charge in [0.2, 0.25) is 0 Å². The molecule has 0 radical (unpaired) electrons. The van der Waals surface area contributed by atoms with Crippen molar-refractivity contribution in [3.05, 3.63) is 47.5 Å². The van der Waals surface area contributed by atoms with Crippen molar-refractivity contribution < 1.29 is 4.74 Å². The van der Waals surface area contributed by atoms with Gasteiger partial charge in [0, 0.05) is 11.4 Å². The largest absolute Gasteiger partial charge is 0.496 e.